The van der Waals surface area contributed by atoms with E-state index in [0.29, 0.717) is 5.56 Å². The van der Waals surface area contributed by atoms with E-state index in [1.165, 1.54) is 6.08 Å². The van der Waals surface area contributed by atoms with Crippen molar-refractivity contribution in [1.29, 1.82) is 0 Å². The Bertz CT molecular complexity index is 570. The van der Waals surface area contributed by atoms with E-state index in [1.54, 1.807) is 30.3 Å². The molecule has 110 valence electrons. The number of carbonyl (C=O) groups is 3. The molecule has 1 saturated heterocycles. The van der Waals surface area contributed by atoms with Crippen LogP contribution in [0, 0.1) is 0 Å². The molecule has 2 rings (SSSR count). The van der Waals surface area contributed by atoms with E-state index < -0.39 is 23.9 Å². The van der Waals surface area contributed by atoms with Crippen LogP contribution in [0.1, 0.15) is 16.8 Å². The molecule has 0 bridgehead atoms. The second-order valence-corrected chi connectivity index (χ2v) is 4.68. The lowest BCUT2D eigenvalue weighted by molar-refractivity contribution is -0.137. The first-order valence-electron chi connectivity index (χ1n) is 6.57. The second kappa shape index (κ2) is 6.21. The van der Waals surface area contributed by atoms with Gasteiger partial charge in [-0.1, -0.05) is 24.3 Å². The van der Waals surface area contributed by atoms with E-state index in [4.69, 9.17) is 5.11 Å². The molecule has 1 atom stereocenters. The molecule has 3 amide bonds. The number of amides is 3. The van der Waals surface area contributed by atoms with Crippen molar-refractivity contribution >= 4 is 17.9 Å². The van der Waals surface area contributed by atoms with E-state index >= 15 is 0 Å². The van der Waals surface area contributed by atoms with Crippen molar-refractivity contribution in [1.82, 2.24) is 9.80 Å². The molecular weight excluding hydrogens is 272 g/mol. The highest BCUT2D eigenvalue weighted by Gasteiger charge is 2.39. The number of hydrogen-bond acceptors (Lipinski definition) is 3. The summed E-state index contributed by atoms with van der Waals surface area (Å²) in [6.07, 6.45) is 0.501. The van der Waals surface area contributed by atoms with Gasteiger partial charge in [-0.05, 0) is 18.6 Å². The van der Waals surface area contributed by atoms with Gasteiger partial charge in [0.25, 0.3) is 11.8 Å². The Kier molecular flexibility index (Phi) is 4.37. The summed E-state index contributed by atoms with van der Waals surface area (Å²) in [5.74, 6) is -0.905. The number of carboxylic acid groups (broad SMARTS) is 1. The molecule has 1 heterocycles. The van der Waals surface area contributed by atoms with Crippen molar-refractivity contribution in [2.24, 2.45) is 0 Å². The largest absolute Gasteiger partial charge is 0.465 e. The molecular formula is C15H16N2O4. The first-order valence-corrected chi connectivity index (χ1v) is 6.57. The minimum atomic E-state index is -1.16. The molecule has 1 aliphatic rings. The Labute approximate surface area is 122 Å². The minimum Gasteiger partial charge on any atom is -0.465 e. The van der Waals surface area contributed by atoms with Crippen molar-refractivity contribution in [2.45, 2.75) is 12.5 Å². The number of nitrogens with zero attached hydrogens (tertiary/aromatic N) is 2. The highest BCUT2D eigenvalue weighted by molar-refractivity contribution is 6.07. The zero-order chi connectivity index (χ0) is 15.4. The zero-order valence-corrected chi connectivity index (χ0v) is 11.4. The molecule has 1 N–H and O–H groups in total. The summed E-state index contributed by atoms with van der Waals surface area (Å²) < 4.78 is 0. The molecule has 21 heavy (non-hydrogen) atoms. The predicted octanol–water partition coefficient (Wildman–Crippen LogP) is 1.59. The van der Waals surface area contributed by atoms with Gasteiger partial charge < -0.3 is 5.11 Å². The summed E-state index contributed by atoms with van der Waals surface area (Å²) in [6.45, 7) is 3.71. The summed E-state index contributed by atoms with van der Waals surface area (Å²) in [7, 11) is 0. The fourth-order valence-electron chi connectivity index (χ4n) is 2.34. The van der Waals surface area contributed by atoms with Gasteiger partial charge >= 0.3 is 6.09 Å². The standard InChI is InChI=1S/C15H16N2O4/c1-2-6-12-14(19)17(10-9-16(12)15(20)21)13(18)11-7-4-3-5-8-11/h2-5,7-8,12H,1,6,9-10H2,(H,20,21). The summed E-state index contributed by atoms with van der Waals surface area (Å²) in [5, 5.41) is 9.13. The van der Waals surface area contributed by atoms with Gasteiger partial charge in [0.15, 0.2) is 0 Å². The summed E-state index contributed by atoms with van der Waals surface area (Å²) in [4.78, 5) is 38.1. The van der Waals surface area contributed by atoms with Crippen molar-refractivity contribution in [2.75, 3.05) is 13.1 Å². The van der Waals surface area contributed by atoms with Crippen LogP contribution in [-0.4, -0.2) is 51.9 Å². The number of piperazine rings is 1. The molecule has 0 spiro atoms. The van der Waals surface area contributed by atoms with E-state index in [9.17, 15) is 14.4 Å². The predicted molar refractivity (Wildman–Crippen MR) is 75.8 cm³/mol. The fraction of sp³-hybridized carbons (Fsp3) is 0.267. The van der Waals surface area contributed by atoms with Crippen LogP contribution in [0.15, 0.2) is 43.0 Å². The van der Waals surface area contributed by atoms with E-state index in [1.807, 2.05) is 0 Å². The Balaban J connectivity index is 2.23. The molecule has 6 heteroatoms. The van der Waals surface area contributed by atoms with Crippen molar-refractivity contribution in [3.8, 4) is 0 Å². The molecule has 0 aromatic heterocycles. The summed E-state index contributed by atoms with van der Waals surface area (Å²) in [5.41, 5.74) is 0.409. The highest BCUT2D eigenvalue weighted by atomic mass is 16.4. The van der Waals surface area contributed by atoms with Gasteiger partial charge in [-0.3, -0.25) is 19.4 Å². The highest BCUT2D eigenvalue weighted by Crippen LogP contribution is 2.17. The van der Waals surface area contributed by atoms with Crippen LogP contribution in [0.4, 0.5) is 4.79 Å². The first kappa shape index (κ1) is 14.8. The maximum atomic E-state index is 12.4. The van der Waals surface area contributed by atoms with Gasteiger partial charge in [-0.15, -0.1) is 6.58 Å². The Morgan fingerprint density at radius 3 is 2.52 bits per heavy atom. The third-order valence-corrected chi connectivity index (χ3v) is 3.39. The Morgan fingerprint density at radius 1 is 1.29 bits per heavy atom. The monoisotopic (exact) mass is 288 g/mol. The van der Waals surface area contributed by atoms with E-state index in [2.05, 4.69) is 6.58 Å². The molecule has 1 fully saturated rings. The molecule has 0 aliphatic carbocycles. The Hall–Kier alpha value is -2.63. The minimum absolute atomic E-state index is 0.0620. The number of imide groups is 1. The maximum Gasteiger partial charge on any atom is 0.408 e. The zero-order valence-electron chi connectivity index (χ0n) is 11.4. The first-order chi connectivity index (χ1) is 10.1. The second-order valence-electron chi connectivity index (χ2n) is 4.68. The molecule has 0 saturated carbocycles. The lowest BCUT2D eigenvalue weighted by atomic mass is 10.1. The van der Waals surface area contributed by atoms with Crippen LogP contribution in [0.3, 0.4) is 0 Å². The van der Waals surface area contributed by atoms with Gasteiger partial charge in [-0.25, -0.2) is 4.79 Å². The average Bonchev–Trinajstić information content (AvgIpc) is 2.49. The Morgan fingerprint density at radius 2 is 1.95 bits per heavy atom. The molecule has 6 nitrogen and oxygen atoms in total. The van der Waals surface area contributed by atoms with Crippen LogP contribution < -0.4 is 0 Å². The number of carbonyl (C=O) groups excluding carboxylic acids is 2. The summed E-state index contributed by atoms with van der Waals surface area (Å²) >= 11 is 0. The number of rotatable bonds is 3. The smallest absolute Gasteiger partial charge is 0.408 e. The topological polar surface area (TPSA) is 77.9 Å². The van der Waals surface area contributed by atoms with Crippen LogP contribution in [0.2, 0.25) is 0 Å². The number of benzene rings is 1. The third-order valence-electron chi connectivity index (χ3n) is 3.39. The van der Waals surface area contributed by atoms with Crippen molar-refractivity contribution in [3.05, 3.63) is 48.6 Å². The molecule has 1 aromatic rings. The van der Waals surface area contributed by atoms with Gasteiger partial charge in [0.2, 0.25) is 0 Å². The van der Waals surface area contributed by atoms with Crippen LogP contribution in [0.5, 0.6) is 0 Å². The van der Waals surface area contributed by atoms with Gasteiger partial charge in [-0.2, -0.15) is 0 Å². The van der Waals surface area contributed by atoms with E-state index in [-0.39, 0.29) is 19.5 Å². The van der Waals surface area contributed by atoms with Gasteiger partial charge in [0, 0.05) is 18.7 Å². The van der Waals surface area contributed by atoms with Crippen LogP contribution >= 0.6 is 0 Å². The van der Waals surface area contributed by atoms with Crippen molar-refractivity contribution < 1.29 is 19.5 Å². The molecule has 0 radical (unpaired) electrons. The SMILES string of the molecule is C=CCC1C(=O)N(C(=O)c2ccccc2)CCN1C(=O)O. The quantitative estimate of drug-likeness (QED) is 0.677. The van der Waals surface area contributed by atoms with Crippen molar-refractivity contribution in [3.63, 3.8) is 0 Å². The van der Waals surface area contributed by atoms with Crippen LogP contribution in [0.25, 0.3) is 0 Å². The molecule has 1 aliphatic heterocycles. The third kappa shape index (κ3) is 2.94. The lowest BCUT2D eigenvalue weighted by Crippen LogP contribution is -2.59. The normalized spacial score (nSPS) is 18.5. The van der Waals surface area contributed by atoms with Gasteiger partial charge in [0.1, 0.15) is 6.04 Å². The molecule has 1 aromatic carbocycles. The molecule has 1 unspecified atom stereocenters. The maximum absolute atomic E-state index is 12.4. The fourth-order valence-corrected chi connectivity index (χ4v) is 2.34. The lowest BCUT2D eigenvalue weighted by Gasteiger charge is -2.37. The average molecular weight is 288 g/mol. The van der Waals surface area contributed by atoms with Crippen LogP contribution in [-0.2, 0) is 4.79 Å². The number of hydrogen-bond donors (Lipinski definition) is 1. The van der Waals surface area contributed by atoms with E-state index in [0.717, 1.165) is 9.80 Å². The summed E-state index contributed by atoms with van der Waals surface area (Å²) in [6, 6.07) is 7.57. The van der Waals surface area contributed by atoms with Gasteiger partial charge in [0.05, 0.1) is 0 Å².